The third kappa shape index (κ3) is 2.67. The number of nitrogens with zero attached hydrogens (tertiary/aromatic N) is 2. The minimum Gasteiger partial charge on any atom is -0.478 e. The van der Waals surface area contributed by atoms with Crippen molar-refractivity contribution in [2.24, 2.45) is 0 Å². The van der Waals surface area contributed by atoms with Crippen LogP contribution in [0.1, 0.15) is 40.5 Å². The Kier molecular flexibility index (Phi) is 3.69. The maximum Gasteiger partial charge on any atom is 0.339 e. The third-order valence-electron chi connectivity index (χ3n) is 3.04. The molecule has 1 heterocycles. The van der Waals surface area contributed by atoms with Gasteiger partial charge in [-0.05, 0) is 43.5 Å². The number of carboxylic acid groups (broad SMARTS) is 1. The zero-order valence-corrected chi connectivity index (χ0v) is 11.5. The molecule has 0 radical (unpaired) electrons. The van der Waals surface area contributed by atoms with E-state index in [9.17, 15) is 9.90 Å². The molecule has 0 saturated heterocycles. The Bertz CT molecular complexity index is 594. The van der Waals surface area contributed by atoms with E-state index in [2.05, 4.69) is 11.2 Å². The summed E-state index contributed by atoms with van der Waals surface area (Å²) in [5, 5.41) is 13.5. The van der Waals surface area contributed by atoms with Gasteiger partial charge in [-0.2, -0.15) is 5.10 Å². The molecule has 0 aliphatic rings. The molecule has 0 unspecified atom stereocenters. The van der Waals surface area contributed by atoms with Crippen molar-refractivity contribution in [2.45, 2.75) is 33.6 Å². The minimum atomic E-state index is -0.918. The number of aromatic nitrogens is 2. The zero-order chi connectivity index (χ0) is 14.0. The molecule has 0 amide bonds. The van der Waals surface area contributed by atoms with Crippen LogP contribution in [0.4, 0.5) is 0 Å². The molecule has 0 aliphatic heterocycles. The number of hydrogen-bond donors (Lipinski definition) is 1. The van der Waals surface area contributed by atoms with Crippen LogP contribution in [0.15, 0.2) is 24.4 Å². The van der Waals surface area contributed by atoms with Crippen LogP contribution >= 0.6 is 0 Å². The number of aryl methyl sites for hydroxylation is 2. The van der Waals surface area contributed by atoms with Crippen molar-refractivity contribution in [1.82, 2.24) is 9.78 Å². The molecule has 2 rings (SSSR count). The standard InChI is InChI=1S/C15H18N2O2/c1-4-5-14-13(15(18)19)9-16-17(14)12-7-10(2)6-11(3)8-12/h6-9H,4-5H2,1-3H3,(H,18,19). The molecule has 0 atom stereocenters. The molecule has 100 valence electrons. The predicted octanol–water partition coefficient (Wildman–Crippen LogP) is 3.14. The van der Waals surface area contributed by atoms with E-state index in [-0.39, 0.29) is 0 Å². The van der Waals surface area contributed by atoms with Gasteiger partial charge in [0.25, 0.3) is 0 Å². The first kappa shape index (κ1) is 13.3. The topological polar surface area (TPSA) is 55.1 Å². The molecule has 1 aromatic heterocycles. The maximum absolute atomic E-state index is 11.2. The van der Waals surface area contributed by atoms with Crippen LogP contribution in [-0.4, -0.2) is 20.9 Å². The Balaban J connectivity index is 2.58. The summed E-state index contributed by atoms with van der Waals surface area (Å²) in [7, 11) is 0. The minimum absolute atomic E-state index is 0.293. The molecular formula is C15H18N2O2. The van der Waals surface area contributed by atoms with Crippen molar-refractivity contribution < 1.29 is 9.90 Å². The highest BCUT2D eigenvalue weighted by Gasteiger charge is 2.17. The molecule has 0 aliphatic carbocycles. The largest absolute Gasteiger partial charge is 0.478 e. The fourth-order valence-corrected chi connectivity index (χ4v) is 2.33. The number of carboxylic acids is 1. The second kappa shape index (κ2) is 5.26. The first-order valence-corrected chi connectivity index (χ1v) is 6.41. The van der Waals surface area contributed by atoms with Crippen molar-refractivity contribution in [3.63, 3.8) is 0 Å². The SMILES string of the molecule is CCCc1c(C(=O)O)cnn1-c1cc(C)cc(C)c1. The van der Waals surface area contributed by atoms with Crippen LogP contribution < -0.4 is 0 Å². The van der Waals surface area contributed by atoms with Gasteiger partial charge >= 0.3 is 5.97 Å². The number of benzene rings is 1. The Morgan fingerprint density at radius 2 is 1.89 bits per heavy atom. The van der Waals surface area contributed by atoms with Crippen molar-refractivity contribution in [3.05, 3.63) is 46.8 Å². The molecule has 0 fully saturated rings. The molecule has 1 N–H and O–H groups in total. The van der Waals surface area contributed by atoms with Crippen molar-refractivity contribution in [3.8, 4) is 5.69 Å². The lowest BCUT2D eigenvalue weighted by atomic mass is 10.1. The van der Waals surface area contributed by atoms with Gasteiger partial charge < -0.3 is 5.11 Å². The molecule has 2 aromatic rings. The van der Waals surface area contributed by atoms with Crippen LogP contribution in [0.25, 0.3) is 5.69 Å². The summed E-state index contributed by atoms with van der Waals surface area (Å²) in [6, 6.07) is 6.13. The average molecular weight is 258 g/mol. The fourth-order valence-electron chi connectivity index (χ4n) is 2.33. The number of carbonyl (C=O) groups is 1. The first-order valence-electron chi connectivity index (χ1n) is 6.41. The second-order valence-corrected chi connectivity index (χ2v) is 4.82. The summed E-state index contributed by atoms with van der Waals surface area (Å²) in [6.45, 7) is 6.08. The van der Waals surface area contributed by atoms with Crippen LogP contribution in [0.3, 0.4) is 0 Å². The van der Waals surface area contributed by atoms with Gasteiger partial charge in [0, 0.05) is 0 Å². The van der Waals surface area contributed by atoms with E-state index in [0.717, 1.165) is 28.9 Å². The van der Waals surface area contributed by atoms with Gasteiger partial charge in [0.1, 0.15) is 5.56 Å². The number of aromatic carboxylic acids is 1. The monoisotopic (exact) mass is 258 g/mol. The fraction of sp³-hybridized carbons (Fsp3) is 0.333. The molecule has 4 nitrogen and oxygen atoms in total. The Morgan fingerprint density at radius 1 is 1.26 bits per heavy atom. The molecule has 19 heavy (non-hydrogen) atoms. The maximum atomic E-state index is 11.2. The van der Waals surface area contributed by atoms with Crippen LogP contribution in [0.5, 0.6) is 0 Å². The highest BCUT2D eigenvalue weighted by Crippen LogP contribution is 2.19. The lowest BCUT2D eigenvalue weighted by Crippen LogP contribution is -2.07. The lowest BCUT2D eigenvalue weighted by Gasteiger charge is -2.09. The first-order chi connectivity index (χ1) is 9.02. The van der Waals surface area contributed by atoms with E-state index < -0.39 is 5.97 Å². The smallest absolute Gasteiger partial charge is 0.339 e. The molecular weight excluding hydrogens is 240 g/mol. The summed E-state index contributed by atoms with van der Waals surface area (Å²) in [4.78, 5) is 11.2. The summed E-state index contributed by atoms with van der Waals surface area (Å²) < 4.78 is 1.74. The number of rotatable bonds is 4. The molecule has 4 heteroatoms. The summed E-state index contributed by atoms with van der Waals surface area (Å²) in [6.07, 6.45) is 3.02. The van der Waals surface area contributed by atoms with Crippen molar-refractivity contribution in [2.75, 3.05) is 0 Å². The van der Waals surface area contributed by atoms with E-state index in [1.165, 1.54) is 6.20 Å². The Hall–Kier alpha value is -2.10. The molecule has 0 saturated carbocycles. The van der Waals surface area contributed by atoms with Gasteiger partial charge in [0.05, 0.1) is 17.6 Å². The number of hydrogen-bond acceptors (Lipinski definition) is 2. The highest BCUT2D eigenvalue weighted by atomic mass is 16.4. The highest BCUT2D eigenvalue weighted by molar-refractivity contribution is 5.88. The molecule has 1 aromatic carbocycles. The Labute approximate surface area is 112 Å². The van der Waals surface area contributed by atoms with Gasteiger partial charge in [-0.1, -0.05) is 19.4 Å². The van der Waals surface area contributed by atoms with Gasteiger partial charge in [-0.15, -0.1) is 0 Å². The third-order valence-corrected chi connectivity index (χ3v) is 3.04. The Morgan fingerprint density at radius 3 is 2.42 bits per heavy atom. The van der Waals surface area contributed by atoms with E-state index >= 15 is 0 Å². The predicted molar refractivity (Wildman–Crippen MR) is 74.0 cm³/mol. The van der Waals surface area contributed by atoms with Crippen molar-refractivity contribution in [1.29, 1.82) is 0 Å². The van der Waals surface area contributed by atoms with E-state index in [1.54, 1.807) is 4.68 Å². The van der Waals surface area contributed by atoms with Crippen LogP contribution in [0.2, 0.25) is 0 Å². The summed E-state index contributed by atoms with van der Waals surface area (Å²) in [5.74, 6) is -0.918. The molecule has 0 spiro atoms. The van der Waals surface area contributed by atoms with E-state index in [4.69, 9.17) is 0 Å². The summed E-state index contributed by atoms with van der Waals surface area (Å²) in [5.41, 5.74) is 4.27. The zero-order valence-electron chi connectivity index (χ0n) is 11.5. The van der Waals surface area contributed by atoms with Crippen molar-refractivity contribution >= 4 is 5.97 Å². The van der Waals surface area contributed by atoms with Crippen LogP contribution in [0, 0.1) is 13.8 Å². The normalized spacial score (nSPS) is 10.7. The van der Waals surface area contributed by atoms with Gasteiger partial charge in [-0.3, -0.25) is 0 Å². The van der Waals surface area contributed by atoms with Gasteiger partial charge in [0.2, 0.25) is 0 Å². The summed E-state index contributed by atoms with van der Waals surface area (Å²) >= 11 is 0. The molecule has 0 bridgehead atoms. The van der Waals surface area contributed by atoms with E-state index in [0.29, 0.717) is 12.0 Å². The van der Waals surface area contributed by atoms with Gasteiger partial charge in [-0.25, -0.2) is 9.48 Å². The lowest BCUT2D eigenvalue weighted by molar-refractivity contribution is 0.0695. The average Bonchev–Trinajstić information content (AvgIpc) is 2.72. The second-order valence-electron chi connectivity index (χ2n) is 4.82. The van der Waals surface area contributed by atoms with E-state index in [1.807, 2.05) is 32.9 Å². The van der Waals surface area contributed by atoms with Crippen LogP contribution in [-0.2, 0) is 6.42 Å². The quantitative estimate of drug-likeness (QED) is 0.916. The van der Waals surface area contributed by atoms with Gasteiger partial charge in [0.15, 0.2) is 0 Å².